The summed E-state index contributed by atoms with van der Waals surface area (Å²) in [6, 6.07) is 8.03. The van der Waals surface area contributed by atoms with E-state index in [-0.39, 0.29) is 11.8 Å². The van der Waals surface area contributed by atoms with E-state index in [1.807, 2.05) is 36.1 Å². The molecule has 1 aliphatic rings. The molecule has 1 N–H and O–H groups in total. The molecule has 24 heavy (non-hydrogen) atoms. The number of carbonyl (C=O) groups is 2. The monoisotopic (exact) mass is 395 g/mol. The van der Waals surface area contributed by atoms with Crippen molar-refractivity contribution in [3.05, 3.63) is 34.3 Å². The highest BCUT2D eigenvalue weighted by Crippen LogP contribution is 2.18. The predicted octanol–water partition coefficient (Wildman–Crippen LogP) is 2.05. The lowest BCUT2D eigenvalue weighted by Crippen LogP contribution is -2.40. The van der Waals surface area contributed by atoms with Crippen LogP contribution in [0.2, 0.25) is 0 Å². The Labute approximate surface area is 152 Å². The Morgan fingerprint density at radius 2 is 1.96 bits per heavy atom. The van der Waals surface area contributed by atoms with Crippen LogP contribution in [0.1, 0.15) is 25.3 Å². The summed E-state index contributed by atoms with van der Waals surface area (Å²) in [5.74, 6) is 0.261. The lowest BCUT2D eigenvalue weighted by atomic mass is 10.1. The first-order valence-corrected chi connectivity index (χ1v) is 9.39. The summed E-state index contributed by atoms with van der Waals surface area (Å²) in [5.41, 5.74) is 1.17. The predicted molar refractivity (Wildman–Crippen MR) is 98.8 cm³/mol. The molecule has 0 atom stereocenters. The lowest BCUT2D eigenvalue weighted by molar-refractivity contribution is -0.131. The Morgan fingerprint density at radius 3 is 2.71 bits per heavy atom. The van der Waals surface area contributed by atoms with Crippen LogP contribution in [0.3, 0.4) is 0 Å². The van der Waals surface area contributed by atoms with Crippen molar-refractivity contribution in [3.8, 4) is 0 Å². The van der Waals surface area contributed by atoms with Crippen LogP contribution in [0, 0.1) is 0 Å². The second kappa shape index (κ2) is 9.79. The number of rotatable bonds is 6. The molecule has 1 aromatic rings. The van der Waals surface area contributed by atoms with Gasteiger partial charge in [0.25, 0.3) is 0 Å². The Bertz CT molecular complexity index is 565. The summed E-state index contributed by atoms with van der Waals surface area (Å²) in [6.07, 6.45) is 2.19. The standard InChI is InChI=1S/C18H26BrN3O2/c1-2-20-17(23)14-21-10-5-11-22(13-12-21)18(24)9-8-15-6-3-4-7-16(15)19/h3-4,6-7H,2,5,8-14H2,1H3,(H,20,23). The van der Waals surface area contributed by atoms with Gasteiger partial charge >= 0.3 is 0 Å². The number of benzene rings is 1. The quantitative estimate of drug-likeness (QED) is 0.801. The average molecular weight is 396 g/mol. The zero-order chi connectivity index (χ0) is 17.4. The first kappa shape index (κ1) is 18.9. The van der Waals surface area contributed by atoms with Gasteiger partial charge < -0.3 is 10.2 Å². The molecule has 0 unspecified atom stereocenters. The molecule has 0 bridgehead atoms. The molecule has 1 aromatic carbocycles. The fraction of sp³-hybridized carbons (Fsp3) is 0.556. The fourth-order valence-corrected chi connectivity index (χ4v) is 3.42. The summed E-state index contributed by atoms with van der Waals surface area (Å²) in [6.45, 7) is 6.11. The number of aryl methyl sites for hydroxylation is 1. The van der Waals surface area contributed by atoms with Crippen molar-refractivity contribution in [2.45, 2.75) is 26.2 Å². The molecule has 1 fully saturated rings. The second-order valence-corrected chi connectivity index (χ2v) is 6.91. The molecule has 0 saturated carbocycles. The first-order chi connectivity index (χ1) is 11.6. The van der Waals surface area contributed by atoms with Crippen molar-refractivity contribution >= 4 is 27.7 Å². The molecule has 1 heterocycles. The molecule has 1 aliphatic heterocycles. The maximum Gasteiger partial charge on any atom is 0.234 e. The van der Waals surface area contributed by atoms with E-state index < -0.39 is 0 Å². The van der Waals surface area contributed by atoms with E-state index in [4.69, 9.17) is 0 Å². The molecular formula is C18H26BrN3O2. The number of likely N-dealkylation sites (N-methyl/N-ethyl adjacent to an activating group) is 1. The minimum absolute atomic E-state index is 0.0613. The minimum Gasteiger partial charge on any atom is -0.355 e. The maximum atomic E-state index is 12.5. The van der Waals surface area contributed by atoms with Crippen molar-refractivity contribution in [3.63, 3.8) is 0 Å². The summed E-state index contributed by atoms with van der Waals surface area (Å²) in [7, 11) is 0. The van der Waals surface area contributed by atoms with Gasteiger partial charge in [-0.3, -0.25) is 14.5 Å². The number of halogens is 1. The molecule has 2 rings (SSSR count). The van der Waals surface area contributed by atoms with Gasteiger partial charge in [-0.25, -0.2) is 0 Å². The third-order valence-electron chi connectivity index (χ3n) is 4.25. The summed E-state index contributed by atoms with van der Waals surface area (Å²) < 4.78 is 1.06. The van der Waals surface area contributed by atoms with Crippen LogP contribution in [0.5, 0.6) is 0 Å². The Morgan fingerprint density at radius 1 is 1.17 bits per heavy atom. The van der Waals surface area contributed by atoms with E-state index in [0.29, 0.717) is 26.1 Å². The van der Waals surface area contributed by atoms with Crippen molar-refractivity contribution in [1.29, 1.82) is 0 Å². The first-order valence-electron chi connectivity index (χ1n) is 8.60. The van der Waals surface area contributed by atoms with Gasteiger partial charge in [0, 0.05) is 43.6 Å². The SMILES string of the molecule is CCNC(=O)CN1CCCN(C(=O)CCc2ccccc2Br)CC1. The van der Waals surface area contributed by atoms with Crippen LogP contribution < -0.4 is 5.32 Å². The number of nitrogens with one attached hydrogen (secondary N) is 1. The lowest BCUT2D eigenvalue weighted by Gasteiger charge is -2.22. The number of hydrogen-bond acceptors (Lipinski definition) is 3. The van der Waals surface area contributed by atoms with E-state index in [0.717, 1.165) is 36.9 Å². The average Bonchev–Trinajstić information content (AvgIpc) is 2.80. The van der Waals surface area contributed by atoms with Crippen LogP contribution in [0.15, 0.2) is 28.7 Å². The van der Waals surface area contributed by atoms with Crippen LogP contribution in [0.4, 0.5) is 0 Å². The third-order valence-corrected chi connectivity index (χ3v) is 5.02. The molecule has 0 aromatic heterocycles. The smallest absolute Gasteiger partial charge is 0.234 e. The van der Waals surface area contributed by atoms with Gasteiger partial charge in [-0.1, -0.05) is 34.1 Å². The Hall–Kier alpha value is -1.40. The summed E-state index contributed by atoms with van der Waals surface area (Å²) in [5, 5.41) is 2.83. The zero-order valence-corrected chi connectivity index (χ0v) is 15.8. The van der Waals surface area contributed by atoms with Gasteiger partial charge in [0.05, 0.1) is 6.54 Å². The van der Waals surface area contributed by atoms with Gasteiger partial charge in [0.2, 0.25) is 11.8 Å². The summed E-state index contributed by atoms with van der Waals surface area (Å²) >= 11 is 3.53. The van der Waals surface area contributed by atoms with Gasteiger partial charge in [-0.2, -0.15) is 0 Å². The van der Waals surface area contributed by atoms with E-state index in [1.54, 1.807) is 0 Å². The number of amides is 2. The highest BCUT2D eigenvalue weighted by Gasteiger charge is 2.20. The number of carbonyl (C=O) groups excluding carboxylic acids is 2. The molecule has 0 aliphatic carbocycles. The highest BCUT2D eigenvalue weighted by atomic mass is 79.9. The molecule has 1 saturated heterocycles. The van der Waals surface area contributed by atoms with Gasteiger partial charge in [0.1, 0.15) is 0 Å². The zero-order valence-electron chi connectivity index (χ0n) is 14.3. The van der Waals surface area contributed by atoms with Gasteiger partial charge in [0.15, 0.2) is 0 Å². The minimum atomic E-state index is 0.0613. The van der Waals surface area contributed by atoms with Crippen molar-refractivity contribution in [2.24, 2.45) is 0 Å². The number of nitrogens with zero attached hydrogens (tertiary/aromatic N) is 2. The fourth-order valence-electron chi connectivity index (χ4n) is 2.94. The molecule has 2 amide bonds. The topological polar surface area (TPSA) is 52.7 Å². The molecular weight excluding hydrogens is 370 g/mol. The van der Waals surface area contributed by atoms with Gasteiger partial charge in [-0.05, 0) is 31.4 Å². The largest absolute Gasteiger partial charge is 0.355 e. The molecule has 0 radical (unpaired) electrons. The molecule has 132 valence electrons. The van der Waals surface area contributed by atoms with Crippen LogP contribution in [-0.4, -0.2) is 60.9 Å². The van der Waals surface area contributed by atoms with E-state index in [2.05, 4.69) is 26.1 Å². The number of hydrogen-bond donors (Lipinski definition) is 1. The van der Waals surface area contributed by atoms with Crippen molar-refractivity contribution < 1.29 is 9.59 Å². The summed E-state index contributed by atoms with van der Waals surface area (Å²) in [4.78, 5) is 28.2. The van der Waals surface area contributed by atoms with Crippen molar-refractivity contribution in [2.75, 3.05) is 39.3 Å². The molecule has 5 nitrogen and oxygen atoms in total. The van der Waals surface area contributed by atoms with Crippen LogP contribution in [-0.2, 0) is 16.0 Å². The maximum absolute atomic E-state index is 12.5. The van der Waals surface area contributed by atoms with E-state index in [1.165, 1.54) is 5.56 Å². The van der Waals surface area contributed by atoms with E-state index in [9.17, 15) is 9.59 Å². The Kier molecular flexibility index (Phi) is 7.72. The molecule has 6 heteroatoms. The van der Waals surface area contributed by atoms with Crippen LogP contribution >= 0.6 is 15.9 Å². The normalized spacial score (nSPS) is 15.8. The second-order valence-electron chi connectivity index (χ2n) is 6.06. The molecule has 0 spiro atoms. The van der Waals surface area contributed by atoms with Gasteiger partial charge in [-0.15, -0.1) is 0 Å². The van der Waals surface area contributed by atoms with E-state index >= 15 is 0 Å². The van der Waals surface area contributed by atoms with Crippen LogP contribution in [0.25, 0.3) is 0 Å². The third kappa shape index (κ3) is 5.91. The Balaban J connectivity index is 1.79. The van der Waals surface area contributed by atoms with Crippen molar-refractivity contribution in [1.82, 2.24) is 15.1 Å². The highest BCUT2D eigenvalue weighted by molar-refractivity contribution is 9.10.